The van der Waals surface area contributed by atoms with Crippen LogP contribution in [0.25, 0.3) is 0 Å². The van der Waals surface area contributed by atoms with E-state index in [9.17, 15) is 8.42 Å². The summed E-state index contributed by atoms with van der Waals surface area (Å²) in [7, 11) is -1.98. The largest absolute Gasteiger partial charge is 0.385 e. The van der Waals surface area contributed by atoms with Crippen LogP contribution in [-0.2, 0) is 14.8 Å². The van der Waals surface area contributed by atoms with Crippen molar-refractivity contribution in [2.45, 2.75) is 18.2 Å². The van der Waals surface area contributed by atoms with E-state index in [1.54, 1.807) is 26.2 Å². The van der Waals surface area contributed by atoms with E-state index in [2.05, 4.69) is 16.6 Å². The molecule has 0 unspecified atom stereocenters. The molecule has 6 heteroatoms. The fourth-order valence-electron chi connectivity index (χ4n) is 1.61. The molecule has 5 nitrogen and oxygen atoms in total. The minimum absolute atomic E-state index is 0.208. The van der Waals surface area contributed by atoms with E-state index >= 15 is 0 Å². The van der Waals surface area contributed by atoms with Crippen LogP contribution < -0.4 is 4.72 Å². The van der Waals surface area contributed by atoms with Gasteiger partial charge in [-0.15, -0.1) is 0 Å². The van der Waals surface area contributed by atoms with Crippen LogP contribution in [0.4, 0.5) is 0 Å². The molecule has 0 aliphatic heterocycles. The molecular weight excluding hydrogens is 278 g/mol. The van der Waals surface area contributed by atoms with Crippen LogP contribution in [0.3, 0.4) is 0 Å². The number of rotatable bonds is 6. The summed E-state index contributed by atoms with van der Waals surface area (Å²) in [6.07, 6.45) is 0.610. The molecule has 0 aliphatic rings. The lowest BCUT2D eigenvalue weighted by molar-refractivity contribution is 0.196. The lowest BCUT2D eigenvalue weighted by Gasteiger charge is -2.09. The summed E-state index contributed by atoms with van der Waals surface area (Å²) in [6, 6.07) is 4.93. The monoisotopic (exact) mass is 297 g/mol. The zero-order valence-electron chi connectivity index (χ0n) is 11.6. The van der Waals surface area contributed by atoms with E-state index in [-0.39, 0.29) is 11.5 Å². The van der Waals surface area contributed by atoms with Crippen molar-refractivity contribution in [3.8, 4) is 11.8 Å². The molecule has 0 fully saturated rings. The third-order valence-corrected chi connectivity index (χ3v) is 4.21. The van der Waals surface area contributed by atoms with Crippen LogP contribution in [-0.4, -0.2) is 40.4 Å². The maximum absolute atomic E-state index is 12.2. The van der Waals surface area contributed by atoms with Gasteiger partial charge in [-0.3, -0.25) is 0 Å². The highest BCUT2D eigenvalue weighted by Crippen LogP contribution is 2.16. The molecular formula is C14H19NO4S. The summed E-state index contributed by atoms with van der Waals surface area (Å²) in [4.78, 5) is 0.208. The Morgan fingerprint density at radius 1 is 1.40 bits per heavy atom. The molecule has 2 N–H and O–H groups in total. The number of aryl methyl sites for hydroxylation is 1. The van der Waals surface area contributed by atoms with Crippen molar-refractivity contribution in [1.29, 1.82) is 0 Å². The lowest BCUT2D eigenvalue weighted by Crippen LogP contribution is -2.26. The van der Waals surface area contributed by atoms with Crippen molar-refractivity contribution >= 4 is 10.0 Å². The molecule has 1 aromatic rings. The molecule has 0 bridgehead atoms. The van der Waals surface area contributed by atoms with Gasteiger partial charge in [0.15, 0.2) is 0 Å². The van der Waals surface area contributed by atoms with Gasteiger partial charge in [0.2, 0.25) is 10.0 Å². The zero-order valence-corrected chi connectivity index (χ0v) is 12.5. The Hall–Kier alpha value is -1.39. The first kappa shape index (κ1) is 16.7. The topological polar surface area (TPSA) is 75.6 Å². The van der Waals surface area contributed by atoms with Crippen LogP contribution in [0.2, 0.25) is 0 Å². The van der Waals surface area contributed by atoms with Crippen molar-refractivity contribution in [2.75, 3.05) is 26.9 Å². The number of hydrogen-bond donors (Lipinski definition) is 2. The van der Waals surface area contributed by atoms with Gasteiger partial charge in [-0.1, -0.05) is 17.9 Å². The Labute approximate surface area is 120 Å². The van der Waals surface area contributed by atoms with Crippen molar-refractivity contribution in [2.24, 2.45) is 0 Å². The molecule has 0 aliphatic carbocycles. The van der Waals surface area contributed by atoms with Gasteiger partial charge in [0.05, 0.1) is 4.90 Å². The number of nitrogens with one attached hydrogen (secondary N) is 1. The van der Waals surface area contributed by atoms with Gasteiger partial charge in [0.25, 0.3) is 0 Å². The van der Waals surface area contributed by atoms with Crippen molar-refractivity contribution in [3.63, 3.8) is 0 Å². The van der Waals surface area contributed by atoms with E-state index in [0.29, 0.717) is 30.7 Å². The van der Waals surface area contributed by atoms with Gasteiger partial charge < -0.3 is 9.84 Å². The first-order valence-electron chi connectivity index (χ1n) is 6.20. The fraction of sp³-hybridized carbons (Fsp3) is 0.429. The summed E-state index contributed by atoms with van der Waals surface area (Å²) >= 11 is 0. The van der Waals surface area contributed by atoms with Crippen LogP contribution in [0.1, 0.15) is 17.5 Å². The summed E-state index contributed by atoms with van der Waals surface area (Å²) in [5.74, 6) is 5.19. The Kier molecular flexibility index (Phi) is 6.68. The van der Waals surface area contributed by atoms with Crippen molar-refractivity contribution in [1.82, 2.24) is 4.72 Å². The number of aliphatic hydroxyl groups is 1. The van der Waals surface area contributed by atoms with Gasteiger partial charge in [-0.05, 0) is 31.0 Å². The first-order valence-corrected chi connectivity index (χ1v) is 7.68. The van der Waals surface area contributed by atoms with E-state index in [1.807, 2.05) is 0 Å². The normalized spacial score (nSPS) is 10.9. The SMILES string of the molecule is COCCCNS(=O)(=O)c1cc(C#CCO)ccc1C. The lowest BCUT2D eigenvalue weighted by atomic mass is 10.1. The molecule has 1 rings (SSSR count). The average molecular weight is 297 g/mol. The molecule has 0 radical (unpaired) electrons. The summed E-state index contributed by atoms with van der Waals surface area (Å²) in [5.41, 5.74) is 1.21. The van der Waals surface area contributed by atoms with Gasteiger partial charge in [0, 0.05) is 25.8 Å². The number of methoxy groups -OCH3 is 1. The predicted octanol–water partition coefficient (Wildman–Crippen LogP) is 0.654. The quantitative estimate of drug-likeness (QED) is 0.597. The molecule has 20 heavy (non-hydrogen) atoms. The van der Waals surface area contributed by atoms with E-state index in [0.717, 1.165) is 0 Å². The highest BCUT2D eigenvalue weighted by atomic mass is 32.2. The highest BCUT2D eigenvalue weighted by Gasteiger charge is 2.16. The van der Waals surface area contributed by atoms with E-state index in [4.69, 9.17) is 9.84 Å². The number of sulfonamides is 1. The Morgan fingerprint density at radius 3 is 2.80 bits per heavy atom. The molecule has 0 atom stereocenters. The summed E-state index contributed by atoms with van der Waals surface area (Å²) in [5, 5.41) is 8.66. The maximum atomic E-state index is 12.2. The second-order valence-corrected chi connectivity index (χ2v) is 5.92. The standard InChI is InChI=1S/C14H19NO4S/c1-12-6-7-13(5-3-9-16)11-14(12)20(17,18)15-8-4-10-19-2/h6-7,11,15-16H,4,8-10H2,1-2H3. The number of aliphatic hydroxyl groups excluding tert-OH is 1. The minimum Gasteiger partial charge on any atom is -0.385 e. The second kappa shape index (κ2) is 8.02. The predicted molar refractivity (Wildman–Crippen MR) is 76.8 cm³/mol. The third kappa shape index (κ3) is 4.94. The smallest absolute Gasteiger partial charge is 0.240 e. The second-order valence-electron chi connectivity index (χ2n) is 4.18. The maximum Gasteiger partial charge on any atom is 0.240 e. The zero-order chi connectivity index (χ0) is 15.0. The summed E-state index contributed by atoms with van der Waals surface area (Å²) < 4.78 is 31.8. The molecule has 1 aromatic carbocycles. The summed E-state index contributed by atoms with van der Waals surface area (Å²) in [6.45, 7) is 2.30. The van der Waals surface area contributed by atoms with Crippen LogP contribution in [0.5, 0.6) is 0 Å². The van der Waals surface area contributed by atoms with E-state index in [1.165, 1.54) is 6.07 Å². The average Bonchev–Trinajstić information content (AvgIpc) is 2.42. The van der Waals surface area contributed by atoms with Gasteiger partial charge in [-0.2, -0.15) is 0 Å². The Balaban J connectivity index is 2.93. The molecule has 0 saturated heterocycles. The molecule has 0 amide bonds. The molecule has 110 valence electrons. The van der Waals surface area contributed by atoms with Gasteiger partial charge in [0.1, 0.15) is 6.61 Å². The van der Waals surface area contributed by atoms with Crippen molar-refractivity contribution < 1.29 is 18.3 Å². The minimum atomic E-state index is -3.55. The number of benzene rings is 1. The Bertz CT molecular complexity index is 599. The molecule has 0 spiro atoms. The highest BCUT2D eigenvalue weighted by molar-refractivity contribution is 7.89. The molecule has 0 heterocycles. The van der Waals surface area contributed by atoms with Crippen LogP contribution in [0, 0.1) is 18.8 Å². The number of hydrogen-bond acceptors (Lipinski definition) is 4. The van der Waals surface area contributed by atoms with Crippen molar-refractivity contribution in [3.05, 3.63) is 29.3 Å². The molecule has 0 saturated carbocycles. The first-order chi connectivity index (χ1) is 9.51. The molecule has 0 aromatic heterocycles. The van der Waals surface area contributed by atoms with Gasteiger partial charge in [-0.25, -0.2) is 13.1 Å². The van der Waals surface area contributed by atoms with Gasteiger partial charge >= 0.3 is 0 Å². The third-order valence-electron chi connectivity index (χ3n) is 2.61. The Morgan fingerprint density at radius 2 is 2.15 bits per heavy atom. The van der Waals surface area contributed by atoms with Crippen LogP contribution >= 0.6 is 0 Å². The number of ether oxygens (including phenoxy) is 1. The van der Waals surface area contributed by atoms with E-state index < -0.39 is 10.0 Å². The fourth-order valence-corrected chi connectivity index (χ4v) is 2.95. The van der Waals surface area contributed by atoms with Crippen LogP contribution in [0.15, 0.2) is 23.1 Å².